The van der Waals surface area contributed by atoms with Crippen LogP contribution in [0.15, 0.2) is 24.3 Å². The number of rotatable bonds is 4. The zero-order valence-electron chi connectivity index (χ0n) is 8.50. The van der Waals surface area contributed by atoms with Gasteiger partial charge in [-0.1, -0.05) is 23.7 Å². The molecule has 0 aliphatic carbocycles. The SMILES string of the molecule is NC(=O)NC(=O)CNCc1ccc(Cl)cc1. The van der Waals surface area contributed by atoms with Gasteiger partial charge in [-0.2, -0.15) is 0 Å². The molecule has 1 aromatic carbocycles. The molecular formula is C10H12ClN3O2. The van der Waals surface area contributed by atoms with Crippen molar-refractivity contribution in [2.75, 3.05) is 6.54 Å². The fourth-order valence-electron chi connectivity index (χ4n) is 1.10. The molecule has 6 heteroatoms. The molecule has 0 atom stereocenters. The Kier molecular flexibility index (Phi) is 4.75. The van der Waals surface area contributed by atoms with Gasteiger partial charge in [0, 0.05) is 11.6 Å². The fraction of sp³-hybridized carbons (Fsp3) is 0.200. The molecule has 1 rings (SSSR count). The molecule has 0 fully saturated rings. The third-order valence-electron chi connectivity index (χ3n) is 1.79. The molecule has 86 valence electrons. The molecule has 0 unspecified atom stereocenters. The average Bonchev–Trinajstić information content (AvgIpc) is 2.20. The minimum absolute atomic E-state index is 0.0333. The predicted molar refractivity (Wildman–Crippen MR) is 60.9 cm³/mol. The van der Waals surface area contributed by atoms with Crippen LogP contribution in [-0.2, 0) is 11.3 Å². The lowest BCUT2D eigenvalue weighted by molar-refractivity contribution is -0.119. The number of primary amides is 1. The lowest BCUT2D eigenvalue weighted by Crippen LogP contribution is -2.40. The molecule has 0 saturated carbocycles. The van der Waals surface area contributed by atoms with Crippen LogP contribution in [0.1, 0.15) is 5.56 Å². The number of nitrogens with one attached hydrogen (secondary N) is 2. The van der Waals surface area contributed by atoms with Gasteiger partial charge < -0.3 is 11.1 Å². The first-order chi connectivity index (χ1) is 7.58. The van der Waals surface area contributed by atoms with Gasteiger partial charge in [0.1, 0.15) is 0 Å². The van der Waals surface area contributed by atoms with Crippen LogP contribution in [-0.4, -0.2) is 18.5 Å². The van der Waals surface area contributed by atoms with Crippen molar-refractivity contribution in [3.63, 3.8) is 0 Å². The molecule has 0 aliphatic rings. The standard InChI is InChI=1S/C10H12ClN3O2/c11-8-3-1-7(2-4-8)5-13-6-9(15)14-10(12)16/h1-4,13H,5-6H2,(H3,12,14,15,16). The molecule has 0 aromatic heterocycles. The van der Waals surface area contributed by atoms with E-state index in [1.54, 1.807) is 12.1 Å². The Balaban J connectivity index is 2.28. The van der Waals surface area contributed by atoms with Crippen LogP contribution in [0.3, 0.4) is 0 Å². The number of benzene rings is 1. The highest BCUT2D eigenvalue weighted by atomic mass is 35.5. The summed E-state index contributed by atoms with van der Waals surface area (Å²) in [5, 5.41) is 5.48. The predicted octanol–water partition coefficient (Wildman–Crippen LogP) is 0.625. The second-order valence-electron chi connectivity index (χ2n) is 3.14. The maximum Gasteiger partial charge on any atom is 0.318 e. The summed E-state index contributed by atoms with van der Waals surface area (Å²) in [6.45, 7) is 0.551. The summed E-state index contributed by atoms with van der Waals surface area (Å²) in [5.41, 5.74) is 5.78. The summed E-state index contributed by atoms with van der Waals surface area (Å²) in [7, 11) is 0. The third kappa shape index (κ3) is 4.77. The lowest BCUT2D eigenvalue weighted by Gasteiger charge is -2.04. The van der Waals surface area contributed by atoms with Crippen LogP contribution in [0.25, 0.3) is 0 Å². The van der Waals surface area contributed by atoms with Gasteiger partial charge in [-0.25, -0.2) is 4.79 Å². The number of carbonyl (C=O) groups excluding carboxylic acids is 2. The van der Waals surface area contributed by atoms with Crippen molar-refractivity contribution in [3.05, 3.63) is 34.9 Å². The number of halogens is 1. The van der Waals surface area contributed by atoms with Crippen molar-refractivity contribution in [2.24, 2.45) is 5.73 Å². The number of hydrogen-bond donors (Lipinski definition) is 3. The smallest absolute Gasteiger partial charge is 0.318 e. The van der Waals surface area contributed by atoms with E-state index >= 15 is 0 Å². The van der Waals surface area contributed by atoms with Crippen molar-refractivity contribution in [1.82, 2.24) is 10.6 Å². The Morgan fingerprint density at radius 2 is 1.88 bits per heavy atom. The monoisotopic (exact) mass is 241 g/mol. The lowest BCUT2D eigenvalue weighted by atomic mass is 10.2. The van der Waals surface area contributed by atoms with Gasteiger partial charge in [0.25, 0.3) is 0 Å². The van der Waals surface area contributed by atoms with Crippen LogP contribution < -0.4 is 16.4 Å². The Labute approximate surface area is 98.0 Å². The van der Waals surface area contributed by atoms with E-state index in [4.69, 9.17) is 17.3 Å². The summed E-state index contributed by atoms with van der Waals surface area (Å²) in [6, 6.07) is 6.38. The molecular weight excluding hydrogens is 230 g/mol. The zero-order chi connectivity index (χ0) is 12.0. The van der Waals surface area contributed by atoms with E-state index in [1.807, 2.05) is 17.4 Å². The number of carbonyl (C=O) groups is 2. The average molecular weight is 242 g/mol. The highest BCUT2D eigenvalue weighted by Gasteiger charge is 2.02. The van der Waals surface area contributed by atoms with E-state index < -0.39 is 11.9 Å². The van der Waals surface area contributed by atoms with Gasteiger partial charge >= 0.3 is 6.03 Å². The Bertz CT molecular complexity index is 378. The van der Waals surface area contributed by atoms with E-state index in [9.17, 15) is 9.59 Å². The first-order valence-corrected chi connectivity index (χ1v) is 5.00. The molecule has 5 nitrogen and oxygen atoms in total. The van der Waals surface area contributed by atoms with Crippen molar-refractivity contribution >= 4 is 23.5 Å². The van der Waals surface area contributed by atoms with Crippen molar-refractivity contribution in [1.29, 1.82) is 0 Å². The van der Waals surface area contributed by atoms with Crippen LogP contribution in [0, 0.1) is 0 Å². The molecule has 16 heavy (non-hydrogen) atoms. The van der Waals surface area contributed by atoms with Gasteiger partial charge in [-0.3, -0.25) is 10.1 Å². The quantitative estimate of drug-likeness (QED) is 0.723. The Morgan fingerprint density at radius 1 is 1.25 bits per heavy atom. The second kappa shape index (κ2) is 6.09. The molecule has 0 radical (unpaired) electrons. The molecule has 3 amide bonds. The number of imide groups is 1. The van der Waals surface area contributed by atoms with Crippen molar-refractivity contribution in [3.8, 4) is 0 Å². The number of urea groups is 1. The molecule has 0 bridgehead atoms. The van der Waals surface area contributed by atoms with Crippen LogP contribution >= 0.6 is 11.6 Å². The highest BCUT2D eigenvalue weighted by molar-refractivity contribution is 6.30. The summed E-state index contributed by atoms with van der Waals surface area (Å²) < 4.78 is 0. The minimum Gasteiger partial charge on any atom is -0.351 e. The summed E-state index contributed by atoms with van der Waals surface area (Å²) >= 11 is 5.72. The minimum atomic E-state index is -0.849. The van der Waals surface area contributed by atoms with Gasteiger partial charge in [-0.15, -0.1) is 0 Å². The first kappa shape index (κ1) is 12.5. The molecule has 1 aromatic rings. The fourth-order valence-corrected chi connectivity index (χ4v) is 1.23. The normalized spacial score (nSPS) is 9.81. The maximum atomic E-state index is 11.0. The van der Waals surface area contributed by atoms with Gasteiger partial charge in [0.2, 0.25) is 5.91 Å². The number of nitrogens with two attached hydrogens (primary N) is 1. The number of amides is 3. The molecule has 0 saturated heterocycles. The highest BCUT2D eigenvalue weighted by Crippen LogP contribution is 2.08. The van der Waals surface area contributed by atoms with Crippen LogP contribution in [0.4, 0.5) is 4.79 Å². The molecule has 0 spiro atoms. The van der Waals surface area contributed by atoms with E-state index in [0.717, 1.165) is 5.56 Å². The van der Waals surface area contributed by atoms with E-state index in [0.29, 0.717) is 11.6 Å². The first-order valence-electron chi connectivity index (χ1n) is 4.62. The topological polar surface area (TPSA) is 84.2 Å². The Morgan fingerprint density at radius 3 is 2.44 bits per heavy atom. The van der Waals surface area contributed by atoms with E-state index in [1.165, 1.54) is 0 Å². The summed E-state index contributed by atoms with van der Waals surface area (Å²) in [4.78, 5) is 21.3. The number of hydrogen-bond acceptors (Lipinski definition) is 3. The summed E-state index contributed by atoms with van der Waals surface area (Å²) in [6.07, 6.45) is 0. The third-order valence-corrected chi connectivity index (χ3v) is 2.04. The van der Waals surface area contributed by atoms with E-state index in [2.05, 4.69) is 5.32 Å². The van der Waals surface area contributed by atoms with Gasteiger partial charge in [0.15, 0.2) is 0 Å². The Hall–Kier alpha value is -1.59. The maximum absolute atomic E-state index is 11.0. The van der Waals surface area contributed by atoms with Crippen LogP contribution in [0.5, 0.6) is 0 Å². The van der Waals surface area contributed by atoms with Crippen LogP contribution in [0.2, 0.25) is 5.02 Å². The largest absolute Gasteiger partial charge is 0.351 e. The second-order valence-corrected chi connectivity index (χ2v) is 3.58. The summed E-state index contributed by atoms with van der Waals surface area (Å²) in [5.74, 6) is -0.457. The van der Waals surface area contributed by atoms with Gasteiger partial charge in [0.05, 0.1) is 6.54 Å². The van der Waals surface area contributed by atoms with Gasteiger partial charge in [-0.05, 0) is 17.7 Å². The zero-order valence-corrected chi connectivity index (χ0v) is 9.25. The van der Waals surface area contributed by atoms with Crippen molar-refractivity contribution < 1.29 is 9.59 Å². The van der Waals surface area contributed by atoms with Crippen molar-refractivity contribution in [2.45, 2.75) is 6.54 Å². The molecule has 4 N–H and O–H groups in total. The molecule has 0 heterocycles. The molecule has 0 aliphatic heterocycles. The van der Waals surface area contributed by atoms with E-state index in [-0.39, 0.29) is 6.54 Å².